The van der Waals surface area contributed by atoms with Crippen LogP contribution in [-0.2, 0) is 26.7 Å². The first-order valence-corrected chi connectivity index (χ1v) is 20.0. The van der Waals surface area contributed by atoms with Crippen molar-refractivity contribution in [3.63, 3.8) is 0 Å². The quantitative estimate of drug-likeness (QED) is 0.124. The summed E-state index contributed by atoms with van der Waals surface area (Å²) < 4.78 is 45.9. The standard InChI is InChI=1S/C18H28O3S.C8H17NO6P2S/c1-3-4-5-6-7-8-11-22(19)15(2)12-16-9-10-17-18(13-16)21-14-20-17;10-16(11,12)8(17(13,14)15)9-3-4-18-5-7(9)6-1-2-6/h9-10,13,15H,3-8,11-12,14H2,1-2H3;6-8H,1-5H2,(H2,10,11,12)(H2,13,14,15). The maximum atomic E-state index is 12.3. The summed E-state index contributed by atoms with van der Waals surface area (Å²) in [4.78, 5) is 38.4. The van der Waals surface area contributed by atoms with Crippen LogP contribution in [0.2, 0.25) is 0 Å². The summed E-state index contributed by atoms with van der Waals surface area (Å²) in [5.74, 6) is 4.09. The minimum Gasteiger partial charge on any atom is -0.616 e. The Bertz CT molecular complexity index is 998. The van der Waals surface area contributed by atoms with Gasteiger partial charge in [-0.2, -0.15) is 11.8 Å². The summed E-state index contributed by atoms with van der Waals surface area (Å²) in [6.45, 7) is 4.93. The molecule has 1 saturated heterocycles. The largest absolute Gasteiger partial charge is 0.616 e. The molecule has 4 rings (SSSR count). The van der Waals surface area contributed by atoms with Gasteiger partial charge in [0.05, 0.1) is 0 Å². The molecule has 40 heavy (non-hydrogen) atoms. The van der Waals surface area contributed by atoms with Crippen LogP contribution >= 0.6 is 27.0 Å². The van der Waals surface area contributed by atoms with Gasteiger partial charge in [0, 0.05) is 30.5 Å². The van der Waals surface area contributed by atoms with E-state index in [0.29, 0.717) is 30.8 Å². The summed E-state index contributed by atoms with van der Waals surface area (Å²) >= 11 is 0.923. The van der Waals surface area contributed by atoms with Gasteiger partial charge in [0.2, 0.25) is 12.3 Å². The van der Waals surface area contributed by atoms with Gasteiger partial charge in [-0.15, -0.1) is 0 Å². The Balaban J connectivity index is 0.000000225. The minimum atomic E-state index is -4.86. The Labute approximate surface area is 245 Å². The number of rotatable bonds is 14. The van der Waals surface area contributed by atoms with Crippen molar-refractivity contribution in [3.05, 3.63) is 23.8 Å². The normalized spacial score (nSPS) is 21.1. The highest BCUT2D eigenvalue weighted by Crippen LogP contribution is 2.62. The molecule has 0 spiro atoms. The van der Waals surface area contributed by atoms with Crippen LogP contribution in [-0.4, -0.2) is 76.4 Å². The molecule has 3 unspecified atom stereocenters. The van der Waals surface area contributed by atoms with Crippen LogP contribution in [0, 0.1) is 5.92 Å². The number of unbranched alkanes of at least 4 members (excludes halogenated alkanes) is 5. The number of nitrogens with zero attached hydrogens (tertiary/aromatic N) is 1. The third-order valence-electron chi connectivity index (χ3n) is 7.38. The number of hydrogen-bond donors (Lipinski definition) is 4. The van der Waals surface area contributed by atoms with Crippen molar-refractivity contribution >= 4 is 38.1 Å². The Morgan fingerprint density at radius 2 is 1.70 bits per heavy atom. The molecule has 0 bridgehead atoms. The lowest BCUT2D eigenvalue weighted by atomic mass is 10.1. The molecule has 0 radical (unpaired) electrons. The molecular formula is C26H45NO9P2S2. The van der Waals surface area contributed by atoms with E-state index in [9.17, 15) is 33.3 Å². The van der Waals surface area contributed by atoms with Gasteiger partial charge in [0.1, 0.15) is 11.0 Å². The Morgan fingerprint density at radius 1 is 1.05 bits per heavy atom. The highest BCUT2D eigenvalue weighted by Gasteiger charge is 2.52. The van der Waals surface area contributed by atoms with Crippen LogP contribution in [0.5, 0.6) is 11.5 Å². The molecule has 1 aromatic rings. The van der Waals surface area contributed by atoms with Gasteiger partial charge in [0.15, 0.2) is 11.5 Å². The predicted molar refractivity (Wildman–Crippen MR) is 161 cm³/mol. The molecule has 3 atom stereocenters. The molecule has 3 aliphatic rings. The van der Waals surface area contributed by atoms with Crippen molar-refractivity contribution in [1.82, 2.24) is 4.90 Å². The fourth-order valence-electron chi connectivity index (χ4n) is 5.11. The van der Waals surface area contributed by atoms with E-state index in [1.54, 1.807) is 11.8 Å². The van der Waals surface area contributed by atoms with Crippen molar-refractivity contribution in [2.75, 3.05) is 30.6 Å². The third-order valence-corrected chi connectivity index (χ3v) is 13.8. The molecule has 1 saturated carbocycles. The van der Waals surface area contributed by atoms with Gasteiger partial charge in [-0.1, -0.05) is 49.8 Å². The highest BCUT2D eigenvalue weighted by atomic mass is 32.2. The molecule has 10 nitrogen and oxygen atoms in total. The zero-order valence-corrected chi connectivity index (χ0v) is 26.9. The molecule has 2 aliphatic heterocycles. The number of thioether (sulfide) groups is 1. The molecule has 2 heterocycles. The van der Waals surface area contributed by atoms with Crippen molar-refractivity contribution in [3.8, 4) is 11.5 Å². The monoisotopic (exact) mass is 641 g/mol. The van der Waals surface area contributed by atoms with E-state index in [0.717, 1.165) is 42.9 Å². The van der Waals surface area contributed by atoms with E-state index in [4.69, 9.17) is 9.47 Å². The van der Waals surface area contributed by atoms with Gasteiger partial charge in [0.25, 0.3) is 0 Å². The smallest absolute Gasteiger partial charge is 0.354 e. The molecule has 4 N–H and O–H groups in total. The van der Waals surface area contributed by atoms with Crippen LogP contribution in [0.4, 0.5) is 0 Å². The molecule has 2 fully saturated rings. The van der Waals surface area contributed by atoms with E-state index >= 15 is 0 Å². The van der Waals surface area contributed by atoms with E-state index in [1.807, 2.05) is 18.2 Å². The number of benzene rings is 1. The zero-order chi connectivity index (χ0) is 29.3. The topological polar surface area (TPSA) is 160 Å². The molecular weight excluding hydrogens is 596 g/mol. The average molecular weight is 642 g/mol. The SMILES string of the molecule is CCCCCCCC[S+]([O-])C(C)Cc1ccc2c(c1)OCO2.O=P(O)(O)C(N1CCSCC1C1CC1)P(=O)(O)O. The second-order valence-corrected chi connectivity index (χ2v) is 17.7. The van der Waals surface area contributed by atoms with E-state index in [-0.39, 0.29) is 11.3 Å². The molecule has 0 aromatic heterocycles. The summed E-state index contributed by atoms with van der Waals surface area (Å²) in [7, 11) is -9.72. The first kappa shape index (κ1) is 34.2. The predicted octanol–water partition coefficient (Wildman–Crippen LogP) is 4.91. The zero-order valence-electron chi connectivity index (χ0n) is 23.4. The summed E-state index contributed by atoms with van der Waals surface area (Å²) in [6, 6.07) is 5.88. The summed E-state index contributed by atoms with van der Waals surface area (Å²) in [5, 5.41) is 0.191. The van der Waals surface area contributed by atoms with E-state index in [2.05, 4.69) is 13.8 Å². The molecule has 1 aliphatic carbocycles. The van der Waals surface area contributed by atoms with Crippen LogP contribution in [0.25, 0.3) is 0 Å². The number of ether oxygens (including phenoxy) is 2. The van der Waals surface area contributed by atoms with Gasteiger partial charge >= 0.3 is 15.2 Å². The lowest BCUT2D eigenvalue weighted by Crippen LogP contribution is -2.49. The summed E-state index contributed by atoms with van der Waals surface area (Å²) in [6.07, 6.45) is 10.3. The van der Waals surface area contributed by atoms with E-state index < -0.39 is 31.9 Å². The molecule has 14 heteroatoms. The first-order valence-electron chi connectivity index (χ1n) is 14.1. The second-order valence-electron chi connectivity index (χ2n) is 10.8. The lowest BCUT2D eigenvalue weighted by molar-refractivity contribution is 0.173. The first-order chi connectivity index (χ1) is 18.9. The van der Waals surface area contributed by atoms with Gasteiger partial charge in [-0.25, -0.2) is 0 Å². The maximum absolute atomic E-state index is 12.3. The van der Waals surface area contributed by atoms with Gasteiger partial charge < -0.3 is 33.6 Å². The van der Waals surface area contributed by atoms with Crippen molar-refractivity contribution < 1.29 is 42.7 Å². The molecule has 0 amide bonds. The van der Waals surface area contributed by atoms with Crippen LogP contribution in [0.1, 0.15) is 70.8 Å². The average Bonchev–Trinajstić information content (AvgIpc) is 3.62. The van der Waals surface area contributed by atoms with Crippen LogP contribution < -0.4 is 9.47 Å². The van der Waals surface area contributed by atoms with Crippen molar-refractivity contribution in [2.24, 2.45) is 5.92 Å². The van der Waals surface area contributed by atoms with Crippen LogP contribution in [0.15, 0.2) is 18.2 Å². The lowest BCUT2D eigenvalue weighted by Gasteiger charge is -2.40. The van der Waals surface area contributed by atoms with Crippen molar-refractivity contribution in [2.45, 2.75) is 88.5 Å². The van der Waals surface area contributed by atoms with Crippen molar-refractivity contribution in [1.29, 1.82) is 0 Å². The fraction of sp³-hybridized carbons (Fsp3) is 0.769. The summed E-state index contributed by atoms with van der Waals surface area (Å²) in [5.41, 5.74) is -0.801. The molecule has 1 aromatic carbocycles. The van der Waals surface area contributed by atoms with Crippen LogP contribution in [0.3, 0.4) is 0 Å². The van der Waals surface area contributed by atoms with Gasteiger partial charge in [-0.05, 0) is 56.2 Å². The second kappa shape index (κ2) is 16.0. The Hall–Kier alpha value is -0.260. The fourth-order valence-corrected chi connectivity index (χ4v) is 10.5. The van der Waals surface area contributed by atoms with E-state index in [1.165, 1.54) is 42.6 Å². The minimum absolute atomic E-state index is 0.131. The van der Waals surface area contributed by atoms with Gasteiger partial charge in [-0.3, -0.25) is 14.0 Å². The highest BCUT2D eigenvalue weighted by molar-refractivity contribution is 7.99. The molecule has 230 valence electrons. The number of hydrogen-bond acceptors (Lipinski definition) is 7. The Kier molecular flexibility index (Phi) is 13.7. The number of fused-ring (bicyclic) bond motifs is 1. The Morgan fingerprint density at radius 3 is 2.35 bits per heavy atom. The third kappa shape index (κ3) is 10.8. The maximum Gasteiger partial charge on any atom is 0.354 e.